The molecule has 13 heavy (non-hydrogen) atoms. The van der Waals surface area contributed by atoms with E-state index in [1.165, 1.54) is 5.56 Å². The van der Waals surface area contributed by atoms with Crippen LogP contribution in [0.25, 0.3) is 0 Å². The van der Waals surface area contributed by atoms with Crippen molar-refractivity contribution in [1.82, 2.24) is 0 Å². The molecule has 0 aliphatic carbocycles. The molecule has 0 radical (unpaired) electrons. The van der Waals surface area contributed by atoms with Crippen LogP contribution in [-0.4, -0.2) is 13.2 Å². The molecule has 0 amide bonds. The molecule has 72 valence electrons. The second kappa shape index (κ2) is 4.87. The SMILES string of the molecule is Cc1cccc(OC[C@H](C)CN)c1. The highest BCUT2D eigenvalue weighted by atomic mass is 16.5. The van der Waals surface area contributed by atoms with Crippen LogP contribution in [0.3, 0.4) is 0 Å². The molecule has 0 unspecified atom stereocenters. The van der Waals surface area contributed by atoms with Gasteiger partial charge in [-0.1, -0.05) is 19.1 Å². The van der Waals surface area contributed by atoms with E-state index in [4.69, 9.17) is 10.5 Å². The fourth-order valence-corrected chi connectivity index (χ4v) is 1.01. The van der Waals surface area contributed by atoms with Crippen molar-refractivity contribution >= 4 is 0 Å². The van der Waals surface area contributed by atoms with E-state index >= 15 is 0 Å². The maximum Gasteiger partial charge on any atom is 0.119 e. The Morgan fingerprint density at radius 3 is 2.85 bits per heavy atom. The molecule has 0 heterocycles. The molecule has 0 saturated carbocycles. The third-order valence-electron chi connectivity index (χ3n) is 1.93. The van der Waals surface area contributed by atoms with E-state index in [1.807, 2.05) is 18.2 Å². The normalized spacial score (nSPS) is 12.5. The van der Waals surface area contributed by atoms with Crippen LogP contribution in [0.15, 0.2) is 24.3 Å². The van der Waals surface area contributed by atoms with E-state index in [2.05, 4.69) is 19.9 Å². The van der Waals surface area contributed by atoms with Crippen molar-refractivity contribution in [2.24, 2.45) is 11.7 Å². The van der Waals surface area contributed by atoms with Gasteiger partial charge in [-0.2, -0.15) is 0 Å². The summed E-state index contributed by atoms with van der Waals surface area (Å²) < 4.78 is 5.56. The third kappa shape index (κ3) is 3.47. The van der Waals surface area contributed by atoms with Crippen LogP contribution in [0, 0.1) is 12.8 Å². The number of rotatable bonds is 4. The highest BCUT2D eigenvalue weighted by Crippen LogP contribution is 2.12. The minimum atomic E-state index is 0.417. The Labute approximate surface area is 79.7 Å². The van der Waals surface area contributed by atoms with Crippen LogP contribution < -0.4 is 10.5 Å². The van der Waals surface area contributed by atoms with Crippen molar-refractivity contribution < 1.29 is 4.74 Å². The Bertz CT molecular complexity index is 260. The number of ether oxygens (including phenoxy) is 1. The summed E-state index contributed by atoms with van der Waals surface area (Å²) >= 11 is 0. The molecule has 1 aromatic carbocycles. The first-order chi connectivity index (χ1) is 6.22. The highest BCUT2D eigenvalue weighted by molar-refractivity contribution is 5.27. The molecule has 0 aliphatic heterocycles. The standard InChI is InChI=1S/C11H17NO/c1-9-4-3-5-11(6-9)13-8-10(2)7-12/h3-6,10H,7-8,12H2,1-2H3/t10-/m1/s1. The van der Waals surface area contributed by atoms with Gasteiger partial charge in [0, 0.05) is 5.92 Å². The zero-order valence-electron chi connectivity index (χ0n) is 8.29. The van der Waals surface area contributed by atoms with Gasteiger partial charge in [-0.15, -0.1) is 0 Å². The minimum absolute atomic E-state index is 0.417. The predicted octanol–water partition coefficient (Wildman–Crippen LogP) is 1.97. The molecular weight excluding hydrogens is 162 g/mol. The average Bonchev–Trinajstić information content (AvgIpc) is 2.14. The summed E-state index contributed by atoms with van der Waals surface area (Å²) in [7, 11) is 0. The van der Waals surface area contributed by atoms with Gasteiger partial charge in [0.25, 0.3) is 0 Å². The van der Waals surface area contributed by atoms with E-state index < -0.39 is 0 Å². The van der Waals surface area contributed by atoms with Gasteiger partial charge in [0.2, 0.25) is 0 Å². The van der Waals surface area contributed by atoms with Crippen LogP contribution in [0.4, 0.5) is 0 Å². The molecule has 2 heteroatoms. The van der Waals surface area contributed by atoms with Gasteiger partial charge in [0.15, 0.2) is 0 Å². The first kappa shape index (κ1) is 10.1. The smallest absolute Gasteiger partial charge is 0.119 e. The molecule has 0 aliphatic rings. The molecule has 0 bridgehead atoms. The molecular formula is C11H17NO. The monoisotopic (exact) mass is 179 g/mol. The summed E-state index contributed by atoms with van der Waals surface area (Å²) in [6.45, 7) is 5.50. The second-order valence-electron chi connectivity index (χ2n) is 3.47. The predicted molar refractivity (Wildman–Crippen MR) is 54.9 cm³/mol. The minimum Gasteiger partial charge on any atom is -0.493 e. The molecule has 0 saturated heterocycles. The lowest BCUT2D eigenvalue weighted by atomic mass is 10.2. The zero-order valence-corrected chi connectivity index (χ0v) is 8.29. The van der Waals surface area contributed by atoms with Gasteiger partial charge < -0.3 is 10.5 Å². The van der Waals surface area contributed by atoms with Crippen molar-refractivity contribution in [3.63, 3.8) is 0 Å². The summed E-state index contributed by atoms with van der Waals surface area (Å²) in [5.41, 5.74) is 6.71. The molecule has 1 rings (SSSR count). The summed E-state index contributed by atoms with van der Waals surface area (Å²) in [5.74, 6) is 1.35. The lowest BCUT2D eigenvalue weighted by Crippen LogP contribution is -2.18. The van der Waals surface area contributed by atoms with Gasteiger partial charge in [0.1, 0.15) is 5.75 Å². The summed E-state index contributed by atoms with van der Waals surface area (Å²) in [5, 5.41) is 0. The first-order valence-electron chi connectivity index (χ1n) is 4.62. The van der Waals surface area contributed by atoms with Crippen LogP contribution in [0.5, 0.6) is 5.75 Å². The third-order valence-corrected chi connectivity index (χ3v) is 1.93. The van der Waals surface area contributed by atoms with Crippen molar-refractivity contribution in [3.05, 3.63) is 29.8 Å². The number of hydrogen-bond acceptors (Lipinski definition) is 2. The van der Waals surface area contributed by atoms with E-state index in [0.717, 1.165) is 5.75 Å². The number of benzene rings is 1. The first-order valence-corrected chi connectivity index (χ1v) is 4.62. The molecule has 0 aromatic heterocycles. The fraction of sp³-hybridized carbons (Fsp3) is 0.455. The van der Waals surface area contributed by atoms with Gasteiger partial charge in [0.05, 0.1) is 6.61 Å². The average molecular weight is 179 g/mol. The lowest BCUT2D eigenvalue weighted by molar-refractivity contribution is 0.264. The van der Waals surface area contributed by atoms with Gasteiger partial charge in [-0.3, -0.25) is 0 Å². The topological polar surface area (TPSA) is 35.2 Å². The van der Waals surface area contributed by atoms with Crippen molar-refractivity contribution in [2.75, 3.05) is 13.2 Å². The van der Waals surface area contributed by atoms with Crippen LogP contribution in [0.2, 0.25) is 0 Å². The maximum absolute atomic E-state index is 5.56. The Morgan fingerprint density at radius 2 is 2.23 bits per heavy atom. The van der Waals surface area contributed by atoms with Crippen molar-refractivity contribution in [1.29, 1.82) is 0 Å². The summed E-state index contributed by atoms with van der Waals surface area (Å²) in [4.78, 5) is 0. The Hall–Kier alpha value is -1.02. The lowest BCUT2D eigenvalue weighted by Gasteiger charge is -2.10. The second-order valence-corrected chi connectivity index (χ2v) is 3.47. The van der Waals surface area contributed by atoms with E-state index in [-0.39, 0.29) is 0 Å². The van der Waals surface area contributed by atoms with Gasteiger partial charge in [-0.25, -0.2) is 0 Å². The quantitative estimate of drug-likeness (QED) is 0.767. The largest absolute Gasteiger partial charge is 0.493 e. The molecule has 2 nitrogen and oxygen atoms in total. The van der Waals surface area contributed by atoms with Gasteiger partial charge >= 0.3 is 0 Å². The fourth-order valence-electron chi connectivity index (χ4n) is 1.01. The van der Waals surface area contributed by atoms with E-state index in [0.29, 0.717) is 19.1 Å². The molecule has 0 spiro atoms. The van der Waals surface area contributed by atoms with Crippen LogP contribution >= 0.6 is 0 Å². The Balaban J connectivity index is 2.45. The summed E-state index contributed by atoms with van der Waals surface area (Å²) in [6, 6.07) is 8.05. The molecule has 2 N–H and O–H groups in total. The molecule has 0 fully saturated rings. The number of aryl methyl sites for hydroxylation is 1. The van der Waals surface area contributed by atoms with E-state index in [1.54, 1.807) is 0 Å². The Morgan fingerprint density at radius 1 is 1.46 bits per heavy atom. The maximum atomic E-state index is 5.56. The Kier molecular flexibility index (Phi) is 3.77. The highest BCUT2D eigenvalue weighted by Gasteiger charge is 1.99. The van der Waals surface area contributed by atoms with Crippen LogP contribution in [0.1, 0.15) is 12.5 Å². The number of hydrogen-bond donors (Lipinski definition) is 1. The van der Waals surface area contributed by atoms with Gasteiger partial charge in [-0.05, 0) is 31.2 Å². The molecule has 1 atom stereocenters. The van der Waals surface area contributed by atoms with E-state index in [9.17, 15) is 0 Å². The van der Waals surface area contributed by atoms with Crippen LogP contribution in [-0.2, 0) is 0 Å². The zero-order chi connectivity index (χ0) is 9.68. The van der Waals surface area contributed by atoms with Crippen molar-refractivity contribution in [3.8, 4) is 5.75 Å². The number of nitrogens with two attached hydrogens (primary N) is 1. The molecule has 1 aromatic rings. The summed E-state index contributed by atoms with van der Waals surface area (Å²) in [6.07, 6.45) is 0. The van der Waals surface area contributed by atoms with Crippen molar-refractivity contribution in [2.45, 2.75) is 13.8 Å².